The van der Waals surface area contributed by atoms with E-state index in [1.165, 1.54) is 19.1 Å². The van der Waals surface area contributed by atoms with Gasteiger partial charge in [-0.05, 0) is 38.1 Å². The van der Waals surface area contributed by atoms with E-state index in [-0.39, 0.29) is 20.6 Å². The lowest BCUT2D eigenvalue weighted by molar-refractivity contribution is -0.123. The Morgan fingerprint density at radius 2 is 1.73 bits per heavy atom. The fourth-order valence-electron chi connectivity index (χ4n) is 2.07. The van der Waals surface area contributed by atoms with Crippen LogP contribution in [-0.4, -0.2) is 24.6 Å². The van der Waals surface area contributed by atoms with Gasteiger partial charge in [-0.25, -0.2) is 4.79 Å². The van der Waals surface area contributed by atoms with Crippen LogP contribution in [0.4, 0.5) is 5.69 Å². The number of nitrogens with one attached hydrogen (secondary N) is 1. The minimum atomic E-state index is -1.09. The van der Waals surface area contributed by atoms with Crippen molar-refractivity contribution in [3.8, 4) is 5.75 Å². The number of carbonyl (C=O) groups excluding carboxylic acids is 2. The lowest BCUT2D eigenvalue weighted by Crippen LogP contribution is -2.30. The average molecular weight is 417 g/mol. The van der Waals surface area contributed by atoms with Crippen molar-refractivity contribution in [2.45, 2.75) is 20.0 Å². The molecule has 138 valence electrons. The highest BCUT2D eigenvalue weighted by atomic mass is 35.5. The van der Waals surface area contributed by atoms with Crippen molar-refractivity contribution in [1.82, 2.24) is 0 Å². The molecule has 2 aromatic carbocycles. The van der Waals surface area contributed by atoms with Crippen LogP contribution in [0, 0.1) is 0 Å². The van der Waals surface area contributed by atoms with Crippen molar-refractivity contribution < 1.29 is 19.1 Å². The maximum Gasteiger partial charge on any atom is 0.342 e. The number of para-hydroxylation sites is 2. The van der Waals surface area contributed by atoms with Gasteiger partial charge in [0.15, 0.2) is 6.10 Å². The molecule has 0 aliphatic rings. The van der Waals surface area contributed by atoms with Gasteiger partial charge in [0.25, 0.3) is 5.91 Å². The Bertz CT molecular complexity index is 826. The van der Waals surface area contributed by atoms with Crippen LogP contribution in [0.5, 0.6) is 5.75 Å². The van der Waals surface area contributed by atoms with Gasteiger partial charge in [0.05, 0.1) is 32.9 Å². The van der Waals surface area contributed by atoms with Gasteiger partial charge in [0.2, 0.25) is 0 Å². The van der Waals surface area contributed by atoms with E-state index < -0.39 is 18.0 Å². The molecular formula is C18H16Cl3NO4. The molecule has 0 fully saturated rings. The van der Waals surface area contributed by atoms with Crippen LogP contribution in [0.2, 0.25) is 15.1 Å². The second kappa shape index (κ2) is 9.12. The zero-order valence-electron chi connectivity index (χ0n) is 14.0. The van der Waals surface area contributed by atoms with Crippen molar-refractivity contribution in [2.75, 3.05) is 11.9 Å². The monoisotopic (exact) mass is 415 g/mol. The third-order valence-electron chi connectivity index (χ3n) is 3.35. The minimum absolute atomic E-state index is 0.0292. The number of rotatable bonds is 6. The van der Waals surface area contributed by atoms with E-state index in [0.717, 1.165) is 0 Å². The Hall–Kier alpha value is -1.95. The van der Waals surface area contributed by atoms with E-state index in [0.29, 0.717) is 18.0 Å². The number of halogens is 3. The number of esters is 1. The molecule has 2 rings (SSSR count). The number of anilines is 1. The molecule has 0 aliphatic heterocycles. The van der Waals surface area contributed by atoms with Crippen molar-refractivity contribution >= 4 is 52.4 Å². The van der Waals surface area contributed by atoms with Crippen LogP contribution >= 0.6 is 34.8 Å². The van der Waals surface area contributed by atoms with Crippen LogP contribution in [0.1, 0.15) is 24.2 Å². The second-order valence-corrected chi connectivity index (χ2v) is 6.38. The van der Waals surface area contributed by atoms with Crippen LogP contribution in [0.3, 0.4) is 0 Å². The molecule has 0 spiro atoms. The highest BCUT2D eigenvalue weighted by molar-refractivity contribution is 6.46. The third-order valence-corrected chi connectivity index (χ3v) is 4.47. The molecule has 1 amide bonds. The number of hydrogen-bond donors (Lipinski definition) is 1. The highest BCUT2D eigenvalue weighted by Gasteiger charge is 2.24. The molecule has 2 aromatic rings. The molecule has 0 saturated heterocycles. The molecule has 0 aromatic heterocycles. The summed E-state index contributed by atoms with van der Waals surface area (Å²) in [4.78, 5) is 24.7. The Morgan fingerprint density at radius 1 is 1.08 bits per heavy atom. The summed E-state index contributed by atoms with van der Waals surface area (Å²) >= 11 is 17.9. The van der Waals surface area contributed by atoms with E-state index in [9.17, 15) is 9.59 Å². The standard InChI is InChI=1S/C18H16Cl3NO4/c1-3-25-14-7-5-4-6-13(14)22-17(23)10(2)26-18(24)15-11(19)8-9-12(20)16(15)21/h4-10H,3H2,1-2H3,(H,22,23). The quantitative estimate of drug-likeness (QED) is 0.517. The minimum Gasteiger partial charge on any atom is -0.492 e. The summed E-state index contributed by atoms with van der Waals surface area (Å²) in [5.41, 5.74) is 0.385. The summed E-state index contributed by atoms with van der Waals surface area (Å²) < 4.78 is 10.6. The van der Waals surface area contributed by atoms with Crippen molar-refractivity contribution in [3.63, 3.8) is 0 Å². The van der Waals surface area contributed by atoms with Crippen LogP contribution in [-0.2, 0) is 9.53 Å². The number of ether oxygens (including phenoxy) is 2. The summed E-state index contributed by atoms with van der Waals surface area (Å²) in [6.45, 7) is 3.72. The first-order valence-corrected chi connectivity index (χ1v) is 8.85. The highest BCUT2D eigenvalue weighted by Crippen LogP contribution is 2.32. The van der Waals surface area contributed by atoms with E-state index in [1.54, 1.807) is 24.3 Å². The molecule has 1 unspecified atom stereocenters. The zero-order valence-corrected chi connectivity index (χ0v) is 16.3. The maximum absolute atomic E-state index is 12.3. The molecule has 0 saturated carbocycles. The van der Waals surface area contributed by atoms with Crippen LogP contribution < -0.4 is 10.1 Å². The van der Waals surface area contributed by atoms with Gasteiger partial charge in [0, 0.05) is 0 Å². The van der Waals surface area contributed by atoms with Gasteiger partial charge < -0.3 is 14.8 Å². The maximum atomic E-state index is 12.3. The normalized spacial score (nSPS) is 11.6. The molecule has 5 nitrogen and oxygen atoms in total. The summed E-state index contributed by atoms with van der Waals surface area (Å²) in [7, 11) is 0. The topological polar surface area (TPSA) is 64.6 Å². The molecule has 1 N–H and O–H groups in total. The molecule has 0 aliphatic carbocycles. The Kier molecular flexibility index (Phi) is 7.14. The fraction of sp³-hybridized carbons (Fsp3) is 0.222. The number of amides is 1. The number of carbonyl (C=O) groups is 2. The SMILES string of the molecule is CCOc1ccccc1NC(=O)C(C)OC(=O)c1c(Cl)ccc(Cl)c1Cl. The van der Waals surface area contributed by atoms with Gasteiger partial charge in [0.1, 0.15) is 5.75 Å². The summed E-state index contributed by atoms with van der Waals surface area (Å²) in [5.74, 6) is -0.856. The first-order chi connectivity index (χ1) is 12.3. The smallest absolute Gasteiger partial charge is 0.342 e. The van der Waals surface area contributed by atoms with E-state index in [1.807, 2.05) is 6.92 Å². The van der Waals surface area contributed by atoms with E-state index in [2.05, 4.69) is 5.32 Å². The third kappa shape index (κ3) is 4.81. The van der Waals surface area contributed by atoms with Gasteiger partial charge >= 0.3 is 5.97 Å². The van der Waals surface area contributed by atoms with Gasteiger partial charge in [-0.1, -0.05) is 46.9 Å². The van der Waals surface area contributed by atoms with Crippen molar-refractivity contribution in [2.24, 2.45) is 0 Å². The van der Waals surface area contributed by atoms with Crippen LogP contribution in [0.15, 0.2) is 36.4 Å². The summed E-state index contributed by atoms with van der Waals surface area (Å²) in [6.07, 6.45) is -1.09. The van der Waals surface area contributed by atoms with Crippen molar-refractivity contribution in [1.29, 1.82) is 0 Å². The molecular weight excluding hydrogens is 401 g/mol. The second-order valence-electron chi connectivity index (χ2n) is 5.18. The lowest BCUT2D eigenvalue weighted by Gasteiger charge is -2.16. The Balaban J connectivity index is 2.10. The van der Waals surface area contributed by atoms with Gasteiger partial charge in [-0.15, -0.1) is 0 Å². The Labute approximate surface area is 166 Å². The summed E-state index contributed by atoms with van der Waals surface area (Å²) in [5, 5.41) is 2.87. The first-order valence-electron chi connectivity index (χ1n) is 7.72. The molecule has 26 heavy (non-hydrogen) atoms. The largest absolute Gasteiger partial charge is 0.492 e. The number of hydrogen-bond acceptors (Lipinski definition) is 4. The van der Waals surface area contributed by atoms with Crippen LogP contribution in [0.25, 0.3) is 0 Å². The predicted molar refractivity (Wildman–Crippen MR) is 103 cm³/mol. The molecule has 0 heterocycles. The number of benzene rings is 2. The van der Waals surface area contributed by atoms with Gasteiger partial charge in [-0.2, -0.15) is 0 Å². The van der Waals surface area contributed by atoms with Gasteiger partial charge in [-0.3, -0.25) is 4.79 Å². The van der Waals surface area contributed by atoms with E-state index in [4.69, 9.17) is 44.3 Å². The first kappa shape index (κ1) is 20.4. The Morgan fingerprint density at radius 3 is 2.42 bits per heavy atom. The molecule has 0 bridgehead atoms. The predicted octanol–water partition coefficient (Wildman–Crippen LogP) is 5.23. The van der Waals surface area contributed by atoms with Crippen molar-refractivity contribution in [3.05, 3.63) is 57.0 Å². The average Bonchev–Trinajstić information content (AvgIpc) is 2.60. The fourth-order valence-corrected chi connectivity index (χ4v) is 2.76. The zero-order chi connectivity index (χ0) is 19.3. The lowest BCUT2D eigenvalue weighted by atomic mass is 10.2. The molecule has 1 atom stereocenters. The molecule has 8 heteroatoms. The summed E-state index contributed by atoms with van der Waals surface area (Å²) in [6, 6.07) is 9.83. The molecule has 0 radical (unpaired) electrons. The van der Waals surface area contributed by atoms with E-state index >= 15 is 0 Å².